The van der Waals surface area contributed by atoms with Crippen molar-refractivity contribution in [2.45, 2.75) is 13.3 Å². The summed E-state index contributed by atoms with van der Waals surface area (Å²) in [5.74, 6) is 0.832. The fourth-order valence-electron chi connectivity index (χ4n) is 2.43. The highest BCUT2D eigenvalue weighted by Gasteiger charge is 2.42. The molecule has 2 heteroatoms. The zero-order valence-corrected chi connectivity index (χ0v) is 7.47. The molecular weight excluding hydrogens is 138 g/mol. The number of likely N-dealkylation sites (tertiary alicyclic amines) is 1. The summed E-state index contributed by atoms with van der Waals surface area (Å²) in [6.07, 6.45) is 1.33. The Kier molecular flexibility index (Phi) is 1.69. The predicted octanol–water partition coefficient (Wildman–Crippen LogP) is 0.975. The van der Waals surface area contributed by atoms with Crippen LogP contribution in [0.15, 0.2) is 0 Å². The fourth-order valence-corrected chi connectivity index (χ4v) is 2.43. The Morgan fingerprint density at radius 2 is 2.36 bits per heavy atom. The van der Waals surface area contributed by atoms with E-state index >= 15 is 0 Å². The molecule has 0 saturated carbocycles. The molecule has 0 aromatic carbocycles. The Hall–Kier alpha value is -0.0800. The van der Waals surface area contributed by atoms with Gasteiger partial charge in [-0.15, -0.1) is 0 Å². The van der Waals surface area contributed by atoms with Gasteiger partial charge in [0, 0.05) is 12.0 Å². The second-order valence-electron chi connectivity index (χ2n) is 4.39. The van der Waals surface area contributed by atoms with Crippen molar-refractivity contribution >= 4 is 0 Å². The summed E-state index contributed by atoms with van der Waals surface area (Å²) in [5, 5.41) is 0. The SMILES string of the molecule is CN1CCC2COCC2(C)C1. The summed E-state index contributed by atoms with van der Waals surface area (Å²) in [7, 11) is 2.21. The molecule has 0 bridgehead atoms. The fraction of sp³-hybridized carbons (Fsp3) is 1.00. The van der Waals surface area contributed by atoms with E-state index in [0.29, 0.717) is 5.41 Å². The number of fused-ring (bicyclic) bond motifs is 1. The van der Waals surface area contributed by atoms with Gasteiger partial charge < -0.3 is 9.64 Å². The molecule has 2 unspecified atom stereocenters. The van der Waals surface area contributed by atoms with E-state index in [1.165, 1.54) is 19.5 Å². The summed E-state index contributed by atoms with van der Waals surface area (Å²) < 4.78 is 5.52. The van der Waals surface area contributed by atoms with E-state index in [9.17, 15) is 0 Å². The lowest BCUT2D eigenvalue weighted by Gasteiger charge is -2.39. The number of rotatable bonds is 0. The number of ether oxygens (including phenoxy) is 1. The van der Waals surface area contributed by atoms with Crippen LogP contribution in [0.2, 0.25) is 0 Å². The topological polar surface area (TPSA) is 12.5 Å². The molecule has 0 aromatic heterocycles. The highest BCUT2D eigenvalue weighted by molar-refractivity contribution is 4.92. The van der Waals surface area contributed by atoms with Gasteiger partial charge in [0.2, 0.25) is 0 Å². The second-order valence-corrected chi connectivity index (χ2v) is 4.39. The van der Waals surface area contributed by atoms with E-state index in [4.69, 9.17) is 4.74 Å². The Morgan fingerprint density at radius 1 is 1.55 bits per heavy atom. The molecule has 2 aliphatic heterocycles. The molecule has 2 heterocycles. The minimum absolute atomic E-state index is 0.465. The molecular formula is C9H17NO. The van der Waals surface area contributed by atoms with E-state index in [1.54, 1.807) is 0 Å². The predicted molar refractivity (Wildman–Crippen MR) is 44.5 cm³/mol. The maximum Gasteiger partial charge on any atom is 0.0535 e. The summed E-state index contributed by atoms with van der Waals surface area (Å²) in [5.41, 5.74) is 0.465. The molecule has 0 aromatic rings. The third kappa shape index (κ3) is 1.18. The van der Waals surface area contributed by atoms with Gasteiger partial charge in [0.05, 0.1) is 13.2 Å². The van der Waals surface area contributed by atoms with Gasteiger partial charge in [0.15, 0.2) is 0 Å². The van der Waals surface area contributed by atoms with Crippen molar-refractivity contribution in [2.75, 3.05) is 33.4 Å². The minimum atomic E-state index is 0.465. The molecule has 64 valence electrons. The van der Waals surface area contributed by atoms with Gasteiger partial charge in [0.1, 0.15) is 0 Å². The van der Waals surface area contributed by atoms with Gasteiger partial charge in [-0.3, -0.25) is 0 Å². The average molecular weight is 155 g/mol. The van der Waals surface area contributed by atoms with E-state index < -0.39 is 0 Å². The standard InChI is InChI=1S/C9H17NO/c1-9-6-10(2)4-3-8(9)5-11-7-9/h8H,3-7H2,1-2H3. The number of piperidine rings is 1. The monoisotopic (exact) mass is 155 g/mol. The van der Waals surface area contributed by atoms with Gasteiger partial charge in [-0.25, -0.2) is 0 Å². The second kappa shape index (κ2) is 2.46. The summed E-state index contributed by atoms with van der Waals surface area (Å²) in [4.78, 5) is 2.42. The summed E-state index contributed by atoms with van der Waals surface area (Å²) >= 11 is 0. The zero-order valence-electron chi connectivity index (χ0n) is 7.47. The lowest BCUT2D eigenvalue weighted by atomic mass is 9.75. The molecule has 2 atom stereocenters. The van der Waals surface area contributed by atoms with Crippen LogP contribution in [0.25, 0.3) is 0 Å². The van der Waals surface area contributed by atoms with E-state index in [0.717, 1.165) is 19.1 Å². The highest BCUT2D eigenvalue weighted by Crippen LogP contribution is 2.39. The van der Waals surface area contributed by atoms with Gasteiger partial charge >= 0.3 is 0 Å². The first-order valence-corrected chi connectivity index (χ1v) is 4.47. The maximum atomic E-state index is 5.52. The van der Waals surface area contributed by atoms with Crippen molar-refractivity contribution in [3.05, 3.63) is 0 Å². The Balaban J connectivity index is 2.10. The number of hydrogen-bond acceptors (Lipinski definition) is 2. The summed E-state index contributed by atoms with van der Waals surface area (Å²) in [6, 6.07) is 0. The zero-order chi connectivity index (χ0) is 7.90. The lowest BCUT2D eigenvalue weighted by Crippen LogP contribution is -2.44. The normalized spacial score (nSPS) is 45.8. The van der Waals surface area contributed by atoms with Crippen LogP contribution < -0.4 is 0 Å². The van der Waals surface area contributed by atoms with E-state index in [1.807, 2.05) is 0 Å². The van der Waals surface area contributed by atoms with Crippen LogP contribution in [-0.2, 0) is 4.74 Å². The molecule has 0 spiro atoms. The van der Waals surface area contributed by atoms with Gasteiger partial charge in [0.25, 0.3) is 0 Å². The quantitative estimate of drug-likeness (QED) is 0.517. The first-order chi connectivity index (χ1) is 5.21. The highest BCUT2D eigenvalue weighted by atomic mass is 16.5. The van der Waals surface area contributed by atoms with Crippen molar-refractivity contribution in [2.24, 2.45) is 11.3 Å². The van der Waals surface area contributed by atoms with Gasteiger partial charge in [-0.05, 0) is 25.9 Å². The van der Waals surface area contributed by atoms with E-state index in [-0.39, 0.29) is 0 Å². The average Bonchev–Trinajstić information content (AvgIpc) is 2.28. The third-order valence-electron chi connectivity index (χ3n) is 3.23. The molecule has 0 radical (unpaired) electrons. The molecule has 2 nitrogen and oxygen atoms in total. The lowest BCUT2D eigenvalue weighted by molar-refractivity contribution is 0.0881. The molecule has 0 aliphatic carbocycles. The van der Waals surface area contributed by atoms with E-state index in [2.05, 4.69) is 18.9 Å². The molecule has 0 N–H and O–H groups in total. The van der Waals surface area contributed by atoms with Gasteiger partial charge in [-0.2, -0.15) is 0 Å². The van der Waals surface area contributed by atoms with Crippen molar-refractivity contribution in [1.29, 1.82) is 0 Å². The molecule has 2 saturated heterocycles. The third-order valence-corrected chi connectivity index (χ3v) is 3.23. The van der Waals surface area contributed by atoms with Gasteiger partial charge in [-0.1, -0.05) is 6.92 Å². The van der Waals surface area contributed by atoms with Crippen molar-refractivity contribution < 1.29 is 4.74 Å². The molecule has 11 heavy (non-hydrogen) atoms. The molecule has 2 fully saturated rings. The van der Waals surface area contributed by atoms with Crippen molar-refractivity contribution in [1.82, 2.24) is 4.90 Å². The van der Waals surface area contributed by atoms with Crippen molar-refractivity contribution in [3.63, 3.8) is 0 Å². The number of nitrogens with zero attached hydrogens (tertiary/aromatic N) is 1. The van der Waals surface area contributed by atoms with Crippen LogP contribution in [0, 0.1) is 11.3 Å². The maximum absolute atomic E-state index is 5.52. The Bertz CT molecular complexity index is 160. The van der Waals surface area contributed by atoms with Crippen LogP contribution in [0.4, 0.5) is 0 Å². The van der Waals surface area contributed by atoms with Crippen LogP contribution in [0.1, 0.15) is 13.3 Å². The molecule has 2 aliphatic rings. The van der Waals surface area contributed by atoms with Crippen LogP contribution >= 0.6 is 0 Å². The molecule has 2 rings (SSSR count). The van der Waals surface area contributed by atoms with Crippen molar-refractivity contribution in [3.8, 4) is 0 Å². The van der Waals surface area contributed by atoms with Crippen LogP contribution in [-0.4, -0.2) is 38.3 Å². The largest absolute Gasteiger partial charge is 0.381 e. The van der Waals surface area contributed by atoms with Crippen LogP contribution in [0.3, 0.4) is 0 Å². The minimum Gasteiger partial charge on any atom is -0.381 e. The Labute approximate surface area is 68.5 Å². The smallest absolute Gasteiger partial charge is 0.0535 e. The van der Waals surface area contributed by atoms with Crippen LogP contribution in [0.5, 0.6) is 0 Å². The first kappa shape index (κ1) is 7.56. The Morgan fingerprint density at radius 3 is 3.18 bits per heavy atom. The molecule has 0 amide bonds. The summed E-state index contributed by atoms with van der Waals surface area (Å²) in [6.45, 7) is 6.81. The number of hydrogen-bond donors (Lipinski definition) is 0. The first-order valence-electron chi connectivity index (χ1n) is 4.47.